The van der Waals surface area contributed by atoms with E-state index in [1.54, 1.807) is 0 Å². The first kappa shape index (κ1) is 8.65. The lowest BCUT2D eigenvalue weighted by Gasteiger charge is -1.98. The highest BCUT2D eigenvalue weighted by Gasteiger charge is 2.23. The quantitative estimate of drug-likeness (QED) is 0.726. The third-order valence-corrected chi connectivity index (χ3v) is 2.14. The van der Waals surface area contributed by atoms with E-state index in [2.05, 4.69) is 10.1 Å². The molecule has 0 amide bonds. The molecule has 0 aromatic carbocycles. The highest BCUT2D eigenvalue weighted by Crippen LogP contribution is 2.23. The summed E-state index contributed by atoms with van der Waals surface area (Å²) in [5.41, 5.74) is 5.60. The van der Waals surface area contributed by atoms with Crippen molar-refractivity contribution in [1.82, 2.24) is 10.1 Å². The first-order valence-electron chi connectivity index (χ1n) is 4.44. The van der Waals surface area contributed by atoms with Crippen molar-refractivity contribution < 1.29 is 9.26 Å². The molecule has 2 N–H and O–H groups in total. The van der Waals surface area contributed by atoms with Crippen LogP contribution >= 0.6 is 0 Å². The van der Waals surface area contributed by atoms with Gasteiger partial charge < -0.3 is 15.0 Å². The van der Waals surface area contributed by atoms with Crippen LogP contribution in [0.1, 0.15) is 37.0 Å². The van der Waals surface area contributed by atoms with Gasteiger partial charge in [-0.15, -0.1) is 0 Å². The maximum absolute atomic E-state index is 5.60. The van der Waals surface area contributed by atoms with Crippen molar-refractivity contribution in [3.8, 4) is 0 Å². The van der Waals surface area contributed by atoms with Gasteiger partial charge in [-0.1, -0.05) is 5.16 Å². The molecule has 2 unspecified atom stereocenters. The topological polar surface area (TPSA) is 74.2 Å². The van der Waals surface area contributed by atoms with E-state index >= 15 is 0 Å². The summed E-state index contributed by atoms with van der Waals surface area (Å²) >= 11 is 0. The molecule has 13 heavy (non-hydrogen) atoms. The van der Waals surface area contributed by atoms with Gasteiger partial charge in [0.05, 0.1) is 12.6 Å². The molecule has 0 aliphatic carbocycles. The number of ether oxygens (including phenoxy) is 1. The van der Waals surface area contributed by atoms with Gasteiger partial charge in [-0.25, -0.2) is 0 Å². The molecule has 72 valence electrons. The molecule has 5 heteroatoms. The standard InChI is InChI=1S/C8H13N3O2/c1-5(9)8-10-7(11-13-8)6-2-3-12-4-6/h5-6H,2-4,9H2,1H3. The zero-order valence-electron chi connectivity index (χ0n) is 7.56. The summed E-state index contributed by atoms with van der Waals surface area (Å²) in [5, 5.41) is 3.87. The summed E-state index contributed by atoms with van der Waals surface area (Å²) in [5.74, 6) is 1.52. The number of hydrogen-bond acceptors (Lipinski definition) is 5. The van der Waals surface area contributed by atoms with Crippen molar-refractivity contribution in [2.45, 2.75) is 25.3 Å². The lowest BCUT2D eigenvalue weighted by Crippen LogP contribution is -2.06. The number of hydrogen-bond donors (Lipinski definition) is 1. The van der Waals surface area contributed by atoms with Crippen LogP contribution in [0.5, 0.6) is 0 Å². The molecular weight excluding hydrogens is 170 g/mol. The Hall–Kier alpha value is -0.940. The molecule has 1 saturated heterocycles. The van der Waals surface area contributed by atoms with Crippen LogP contribution in [-0.4, -0.2) is 23.4 Å². The lowest BCUT2D eigenvalue weighted by molar-refractivity contribution is 0.192. The molecule has 0 spiro atoms. The van der Waals surface area contributed by atoms with Crippen molar-refractivity contribution in [1.29, 1.82) is 0 Å². The summed E-state index contributed by atoms with van der Waals surface area (Å²) in [6.45, 7) is 3.30. The van der Waals surface area contributed by atoms with Crippen LogP contribution in [0, 0.1) is 0 Å². The fraction of sp³-hybridized carbons (Fsp3) is 0.750. The van der Waals surface area contributed by atoms with Crippen molar-refractivity contribution in [2.24, 2.45) is 5.73 Å². The normalized spacial score (nSPS) is 24.9. The molecule has 0 radical (unpaired) electrons. The Balaban J connectivity index is 2.12. The molecule has 1 aromatic rings. The van der Waals surface area contributed by atoms with Gasteiger partial charge in [-0.3, -0.25) is 0 Å². The average Bonchev–Trinajstić information content (AvgIpc) is 2.75. The van der Waals surface area contributed by atoms with Crippen LogP contribution in [0.2, 0.25) is 0 Å². The third-order valence-electron chi connectivity index (χ3n) is 2.14. The second kappa shape index (κ2) is 3.43. The molecule has 1 aliphatic rings. The van der Waals surface area contributed by atoms with Crippen LogP contribution in [0.25, 0.3) is 0 Å². The van der Waals surface area contributed by atoms with Crippen molar-refractivity contribution in [2.75, 3.05) is 13.2 Å². The molecule has 1 fully saturated rings. The number of rotatable bonds is 2. The van der Waals surface area contributed by atoms with E-state index in [1.807, 2.05) is 6.92 Å². The minimum absolute atomic E-state index is 0.191. The summed E-state index contributed by atoms with van der Waals surface area (Å²) < 4.78 is 10.2. The first-order chi connectivity index (χ1) is 6.27. The fourth-order valence-electron chi connectivity index (χ4n) is 1.34. The number of nitrogens with zero attached hydrogens (tertiary/aromatic N) is 2. The van der Waals surface area contributed by atoms with E-state index in [4.69, 9.17) is 15.0 Å². The maximum Gasteiger partial charge on any atom is 0.243 e. The lowest BCUT2D eigenvalue weighted by atomic mass is 10.1. The SMILES string of the molecule is CC(N)c1nc(C2CCOC2)no1. The zero-order chi connectivity index (χ0) is 9.26. The van der Waals surface area contributed by atoms with E-state index in [0.717, 1.165) is 18.9 Å². The smallest absolute Gasteiger partial charge is 0.243 e. The summed E-state index contributed by atoms with van der Waals surface area (Å²) in [4.78, 5) is 4.21. The Labute approximate surface area is 76.3 Å². The molecule has 2 rings (SSSR count). The molecule has 2 heterocycles. The number of nitrogens with two attached hydrogens (primary N) is 1. The molecular formula is C8H13N3O2. The molecule has 1 aromatic heterocycles. The van der Waals surface area contributed by atoms with Crippen molar-refractivity contribution in [3.05, 3.63) is 11.7 Å². The van der Waals surface area contributed by atoms with E-state index in [9.17, 15) is 0 Å². The van der Waals surface area contributed by atoms with Crippen molar-refractivity contribution in [3.63, 3.8) is 0 Å². The van der Waals surface area contributed by atoms with Gasteiger partial charge >= 0.3 is 0 Å². The van der Waals surface area contributed by atoms with E-state index in [0.29, 0.717) is 12.5 Å². The predicted octanol–water partition coefficient (Wildman–Crippen LogP) is 0.593. The van der Waals surface area contributed by atoms with E-state index < -0.39 is 0 Å². The van der Waals surface area contributed by atoms with Gasteiger partial charge in [0.2, 0.25) is 5.89 Å². The Morgan fingerprint density at radius 2 is 2.46 bits per heavy atom. The Kier molecular flexibility index (Phi) is 2.28. The largest absolute Gasteiger partial charge is 0.381 e. The monoisotopic (exact) mass is 183 g/mol. The first-order valence-corrected chi connectivity index (χ1v) is 4.44. The van der Waals surface area contributed by atoms with Gasteiger partial charge in [0, 0.05) is 12.5 Å². The van der Waals surface area contributed by atoms with Crippen LogP contribution in [0.15, 0.2) is 4.52 Å². The van der Waals surface area contributed by atoms with Crippen molar-refractivity contribution >= 4 is 0 Å². The Morgan fingerprint density at radius 1 is 1.62 bits per heavy atom. The summed E-state index contributed by atoms with van der Waals surface area (Å²) in [6.07, 6.45) is 0.970. The van der Waals surface area contributed by atoms with E-state index in [1.165, 1.54) is 0 Å². The van der Waals surface area contributed by atoms with Crippen LogP contribution in [-0.2, 0) is 4.74 Å². The molecule has 0 saturated carbocycles. The Bertz CT molecular complexity index is 279. The van der Waals surface area contributed by atoms with E-state index in [-0.39, 0.29) is 12.0 Å². The van der Waals surface area contributed by atoms with Crippen LogP contribution < -0.4 is 5.73 Å². The molecule has 1 aliphatic heterocycles. The van der Waals surface area contributed by atoms with Gasteiger partial charge in [-0.05, 0) is 13.3 Å². The van der Waals surface area contributed by atoms with Gasteiger partial charge in [0.15, 0.2) is 5.82 Å². The Morgan fingerprint density at radius 3 is 3.00 bits per heavy atom. The van der Waals surface area contributed by atoms with Gasteiger partial charge in [0.1, 0.15) is 0 Å². The number of aromatic nitrogens is 2. The second-order valence-electron chi connectivity index (χ2n) is 3.34. The third kappa shape index (κ3) is 1.71. The fourth-order valence-corrected chi connectivity index (χ4v) is 1.34. The highest BCUT2D eigenvalue weighted by molar-refractivity contribution is 4.98. The average molecular weight is 183 g/mol. The molecule has 2 atom stereocenters. The highest BCUT2D eigenvalue weighted by atomic mass is 16.5. The summed E-state index contributed by atoms with van der Waals surface area (Å²) in [6, 6.07) is -0.191. The second-order valence-corrected chi connectivity index (χ2v) is 3.34. The zero-order valence-corrected chi connectivity index (χ0v) is 7.56. The van der Waals surface area contributed by atoms with Gasteiger partial charge in [0.25, 0.3) is 0 Å². The molecule has 0 bridgehead atoms. The van der Waals surface area contributed by atoms with Crippen LogP contribution in [0.4, 0.5) is 0 Å². The minimum atomic E-state index is -0.191. The molecule has 5 nitrogen and oxygen atoms in total. The maximum atomic E-state index is 5.60. The summed E-state index contributed by atoms with van der Waals surface area (Å²) in [7, 11) is 0. The van der Waals surface area contributed by atoms with Crippen LogP contribution in [0.3, 0.4) is 0 Å². The van der Waals surface area contributed by atoms with Gasteiger partial charge in [-0.2, -0.15) is 4.98 Å². The minimum Gasteiger partial charge on any atom is -0.381 e. The predicted molar refractivity (Wildman–Crippen MR) is 45.1 cm³/mol.